The lowest BCUT2D eigenvalue weighted by molar-refractivity contribution is 0.671. The summed E-state index contributed by atoms with van der Waals surface area (Å²) < 4.78 is 0. The number of nitrogens with two attached hydrogens (primary N) is 1. The van der Waals surface area contributed by atoms with E-state index in [9.17, 15) is 0 Å². The Hall–Kier alpha value is -0.960. The van der Waals surface area contributed by atoms with Crippen LogP contribution >= 0.6 is 11.6 Å². The highest BCUT2D eigenvalue weighted by Gasteiger charge is 2.08. The van der Waals surface area contributed by atoms with Gasteiger partial charge in [0.05, 0.1) is 0 Å². The minimum Gasteiger partial charge on any atom is -0.399 e. The second kappa shape index (κ2) is 7.38. The molecule has 0 aliphatic heterocycles. The van der Waals surface area contributed by atoms with Crippen molar-refractivity contribution in [3.63, 3.8) is 0 Å². The minimum atomic E-state index is 0.470. The van der Waals surface area contributed by atoms with E-state index in [1.165, 1.54) is 12.8 Å². The first-order valence-electron chi connectivity index (χ1n) is 6.35. The molecular formula is C13H22ClN3. The summed E-state index contributed by atoms with van der Waals surface area (Å²) in [4.78, 5) is 6.62. The summed E-state index contributed by atoms with van der Waals surface area (Å²) in [5.41, 5.74) is 6.48. The highest BCUT2D eigenvalue weighted by Crippen LogP contribution is 2.20. The van der Waals surface area contributed by atoms with Crippen molar-refractivity contribution < 1.29 is 0 Å². The third-order valence-electron chi connectivity index (χ3n) is 2.69. The first-order chi connectivity index (χ1) is 8.17. The summed E-state index contributed by atoms with van der Waals surface area (Å²) in [6.45, 7) is 6.42. The van der Waals surface area contributed by atoms with Crippen LogP contribution in [0.4, 0.5) is 11.5 Å². The van der Waals surface area contributed by atoms with Gasteiger partial charge in [0, 0.05) is 24.8 Å². The first-order valence-corrected chi connectivity index (χ1v) is 6.73. The van der Waals surface area contributed by atoms with Crippen LogP contribution < -0.4 is 10.6 Å². The molecule has 0 fully saturated rings. The SMILES string of the molecule is CCCCN(CCCC)c1cc(N)cc(Cl)n1. The van der Waals surface area contributed by atoms with Crippen LogP contribution in [-0.4, -0.2) is 18.1 Å². The molecule has 1 aromatic heterocycles. The van der Waals surface area contributed by atoms with E-state index in [1.54, 1.807) is 6.07 Å². The van der Waals surface area contributed by atoms with Crippen molar-refractivity contribution in [3.8, 4) is 0 Å². The Morgan fingerprint density at radius 1 is 1.18 bits per heavy atom. The molecule has 0 radical (unpaired) electrons. The smallest absolute Gasteiger partial charge is 0.133 e. The van der Waals surface area contributed by atoms with E-state index < -0.39 is 0 Å². The molecule has 0 aromatic carbocycles. The van der Waals surface area contributed by atoms with Gasteiger partial charge in [-0.1, -0.05) is 38.3 Å². The molecule has 1 rings (SSSR count). The average Bonchev–Trinajstić information content (AvgIpc) is 2.28. The van der Waals surface area contributed by atoms with Crippen LogP contribution in [0, 0.1) is 0 Å². The van der Waals surface area contributed by atoms with E-state index >= 15 is 0 Å². The molecule has 0 bridgehead atoms. The molecule has 2 N–H and O–H groups in total. The molecule has 0 saturated heterocycles. The number of anilines is 2. The molecule has 0 atom stereocenters. The zero-order valence-electron chi connectivity index (χ0n) is 10.7. The maximum absolute atomic E-state index is 5.94. The Labute approximate surface area is 109 Å². The van der Waals surface area contributed by atoms with Gasteiger partial charge in [0.1, 0.15) is 11.0 Å². The van der Waals surface area contributed by atoms with Crippen molar-refractivity contribution in [2.45, 2.75) is 39.5 Å². The van der Waals surface area contributed by atoms with E-state index in [4.69, 9.17) is 17.3 Å². The van der Waals surface area contributed by atoms with Gasteiger partial charge in [-0.05, 0) is 18.9 Å². The van der Waals surface area contributed by atoms with Gasteiger partial charge in [-0.25, -0.2) is 4.98 Å². The Bertz CT molecular complexity index is 313. The lowest BCUT2D eigenvalue weighted by atomic mass is 10.2. The fraction of sp³-hybridized carbons (Fsp3) is 0.615. The summed E-state index contributed by atoms with van der Waals surface area (Å²) in [5.74, 6) is 0.900. The Morgan fingerprint density at radius 2 is 1.76 bits per heavy atom. The lowest BCUT2D eigenvalue weighted by Gasteiger charge is -2.23. The van der Waals surface area contributed by atoms with Crippen molar-refractivity contribution >= 4 is 23.1 Å². The zero-order chi connectivity index (χ0) is 12.7. The summed E-state index contributed by atoms with van der Waals surface area (Å²) in [6.07, 6.45) is 4.69. The number of nitrogen functional groups attached to an aromatic ring is 1. The molecule has 17 heavy (non-hydrogen) atoms. The largest absolute Gasteiger partial charge is 0.399 e. The average molecular weight is 256 g/mol. The number of hydrogen-bond acceptors (Lipinski definition) is 3. The number of unbranched alkanes of at least 4 members (excludes halogenated alkanes) is 2. The molecule has 1 aromatic rings. The maximum atomic E-state index is 5.94. The summed E-state index contributed by atoms with van der Waals surface area (Å²) in [7, 11) is 0. The zero-order valence-corrected chi connectivity index (χ0v) is 11.5. The van der Waals surface area contributed by atoms with Crippen molar-refractivity contribution in [3.05, 3.63) is 17.3 Å². The highest BCUT2D eigenvalue weighted by molar-refractivity contribution is 6.29. The van der Waals surface area contributed by atoms with Gasteiger partial charge in [0.15, 0.2) is 0 Å². The number of hydrogen-bond donors (Lipinski definition) is 1. The van der Waals surface area contributed by atoms with Gasteiger partial charge in [0.25, 0.3) is 0 Å². The predicted molar refractivity (Wildman–Crippen MR) is 75.7 cm³/mol. The molecule has 4 heteroatoms. The number of halogens is 1. The molecule has 0 unspecified atom stereocenters. The molecule has 0 aliphatic rings. The first kappa shape index (κ1) is 14.1. The van der Waals surface area contributed by atoms with E-state index in [0.29, 0.717) is 10.8 Å². The standard InChI is InChI=1S/C13H22ClN3/c1-3-5-7-17(8-6-4-2)13-10-11(15)9-12(14)16-13/h9-10H,3-8H2,1-2H3,(H2,15,16). The van der Waals surface area contributed by atoms with Crippen LogP contribution in [0.3, 0.4) is 0 Å². The van der Waals surface area contributed by atoms with Crippen molar-refractivity contribution in [1.29, 1.82) is 0 Å². The quantitative estimate of drug-likeness (QED) is 0.755. The summed E-state index contributed by atoms with van der Waals surface area (Å²) in [6, 6.07) is 3.58. The maximum Gasteiger partial charge on any atom is 0.133 e. The number of nitrogens with zero attached hydrogens (tertiary/aromatic N) is 2. The van der Waals surface area contributed by atoms with Crippen LogP contribution in [0.25, 0.3) is 0 Å². The Kier molecular flexibility index (Phi) is 6.12. The lowest BCUT2D eigenvalue weighted by Crippen LogP contribution is -2.26. The molecule has 0 aliphatic carbocycles. The monoisotopic (exact) mass is 255 g/mol. The molecular weight excluding hydrogens is 234 g/mol. The fourth-order valence-electron chi connectivity index (χ4n) is 1.70. The molecule has 3 nitrogen and oxygen atoms in total. The predicted octanol–water partition coefficient (Wildman–Crippen LogP) is 3.72. The van der Waals surface area contributed by atoms with E-state index in [-0.39, 0.29) is 0 Å². The molecule has 0 spiro atoms. The van der Waals surface area contributed by atoms with Gasteiger partial charge >= 0.3 is 0 Å². The fourth-order valence-corrected chi connectivity index (χ4v) is 1.92. The van der Waals surface area contributed by atoms with Crippen molar-refractivity contribution in [2.75, 3.05) is 23.7 Å². The second-order valence-electron chi connectivity index (χ2n) is 4.28. The van der Waals surface area contributed by atoms with Crippen LogP contribution in [-0.2, 0) is 0 Å². The summed E-state index contributed by atoms with van der Waals surface area (Å²) in [5, 5.41) is 0.470. The minimum absolute atomic E-state index is 0.470. The number of pyridine rings is 1. The highest BCUT2D eigenvalue weighted by atomic mass is 35.5. The van der Waals surface area contributed by atoms with Gasteiger partial charge in [-0.2, -0.15) is 0 Å². The van der Waals surface area contributed by atoms with Gasteiger partial charge in [0.2, 0.25) is 0 Å². The summed E-state index contributed by atoms with van der Waals surface area (Å²) >= 11 is 5.94. The molecule has 0 saturated carbocycles. The third-order valence-corrected chi connectivity index (χ3v) is 2.88. The topological polar surface area (TPSA) is 42.1 Å². The normalized spacial score (nSPS) is 10.5. The number of aromatic nitrogens is 1. The van der Waals surface area contributed by atoms with Gasteiger partial charge in [-0.15, -0.1) is 0 Å². The second-order valence-corrected chi connectivity index (χ2v) is 4.66. The van der Waals surface area contributed by atoms with E-state index in [2.05, 4.69) is 23.7 Å². The molecule has 0 amide bonds. The van der Waals surface area contributed by atoms with E-state index in [0.717, 1.165) is 31.7 Å². The Morgan fingerprint density at radius 3 is 2.24 bits per heavy atom. The van der Waals surface area contributed by atoms with Gasteiger partial charge < -0.3 is 10.6 Å². The third kappa shape index (κ3) is 4.82. The Balaban J connectivity index is 2.78. The van der Waals surface area contributed by atoms with Crippen molar-refractivity contribution in [1.82, 2.24) is 4.98 Å². The molecule has 96 valence electrons. The van der Waals surface area contributed by atoms with Crippen LogP contribution in [0.15, 0.2) is 12.1 Å². The van der Waals surface area contributed by atoms with Crippen LogP contribution in [0.2, 0.25) is 5.15 Å². The van der Waals surface area contributed by atoms with Crippen LogP contribution in [0.5, 0.6) is 0 Å². The van der Waals surface area contributed by atoms with E-state index in [1.807, 2.05) is 6.07 Å². The van der Waals surface area contributed by atoms with Crippen LogP contribution in [0.1, 0.15) is 39.5 Å². The van der Waals surface area contributed by atoms with Crippen molar-refractivity contribution in [2.24, 2.45) is 0 Å². The number of rotatable bonds is 7. The van der Waals surface area contributed by atoms with Gasteiger partial charge in [-0.3, -0.25) is 0 Å². The molecule has 1 heterocycles.